The number of hydrogen-bond acceptors (Lipinski definition) is 9. The summed E-state index contributed by atoms with van der Waals surface area (Å²) in [7, 11) is 0. The molecule has 0 spiro atoms. The van der Waals surface area contributed by atoms with Crippen molar-refractivity contribution in [1.29, 1.82) is 0 Å². The van der Waals surface area contributed by atoms with E-state index < -0.39 is 0 Å². The molecule has 9 heteroatoms. The molecule has 0 radical (unpaired) electrons. The van der Waals surface area contributed by atoms with Gasteiger partial charge in [-0.15, -0.1) is 31.7 Å². The van der Waals surface area contributed by atoms with Gasteiger partial charge in [0.15, 0.2) is 4.34 Å². The van der Waals surface area contributed by atoms with Gasteiger partial charge in [0.2, 0.25) is 11.0 Å². The molecule has 0 amide bonds. The third kappa shape index (κ3) is 4.20. The first-order valence-corrected chi connectivity index (χ1v) is 10.9. The highest BCUT2D eigenvalue weighted by atomic mass is 32.2. The standard InChI is InChI=1S/C18H17N5OS3/c1-10-6-7-13(9-11(10)2)19-17-22-23-18(27-17)26-12(3)15-20-21-16(24-15)14-5-4-8-25-14/h4-9,12H,1-3H3,(H,19,22)/t12-/m1/s1. The Balaban J connectivity index is 1.42. The molecule has 0 fully saturated rings. The minimum absolute atomic E-state index is 0.00590. The first-order chi connectivity index (χ1) is 13.1. The van der Waals surface area contributed by atoms with E-state index in [4.69, 9.17) is 4.42 Å². The molecule has 4 aromatic rings. The lowest BCUT2D eigenvalue weighted by Gasteiger charge is -2.05. The van der Waals surface area contributed by atoms with E-state index in [1.54, 1.807) is 23.1 Å². The van der Waals surface area contributed by atoms with Gasteiger partial charge in [0.05, 0.1) is 10.1 Å². The number of benzene rings is 1. The first-order valence-electron chi connectivity index (χ1n) is 8.30. The van der Waals surface area contributed by atoms with Gasteiger partial charge in [-0.25, -0.2) is 0 Å². The number of aromatic nitrogens is 4. The maximum atomic E-state index is 5.80. The van der Waals surface area contributed by atoms with Crippen LogP contribution in [-0.4, -0.2) is 20.4 Å². The summed E-state index contributed by atoms with van der Waals surface area (Å²) in [5.74, 6) is 1.14. The summed E-state index contributed by atoms with van der Waals surface area (Å²) in [4.78, 5) is 0.974. The number of hydrogen-bond donors (Lipinski definition) is 1. The van der Waals surface area contributed by atoms with Gasteiger partial charge in [0.25, 0.3) is 5.89 Å². The van der Waals surface area contributed by atoms with Gasteiger partial charge < -0.3 is 9.73 Å². The Morgan fingerprint density at radius 2 is 1.96 bits per heavy atom. The Bertz CT molecular complexity index is 1040. The molecule has 3 heterocycles. The number of nitrogens with one attached hydrogen (secondary N) is 1. The minimum Gasteiger partial charge on any atom is -0.419 e. The number of anilines is 2. The summed E-state index contributed by atoms with van der Waals surface area (Å²) < 4.78 is 6.65. The van der Waals surface area contributed by atoms with Crippen molar-refractivity contribution in [2.45, 2.75) is 30.4 Å². The van der Waals surface area contributed by atoms with E-state index in [9.17, 15) is 0 Å². The van der Waals surface area contributed by atoms with Gasteiger partial charge in [-0.05, 0) is 55.5 Å². The smallest absolute Gasteiger partial charge is 0.257 e. The molecule has 0 unspecified atom stereocenters. The average Bonchev–Trinajstić information content (AvgIpc) is 3.38. The van der Waals surface area contributed by atoms with E-state index >= 15 is 0 Å². The summed E-state index contributed by atoms with van der Waals surface area (Å²) in [5, 5.41) is 22.8. The number of thioether (sulfide) groups is 1. The predicted octanol–water partition coefficient (Wildman–Crippen LogP) is 5.86. The average molecular weight is 416 g/mol. The maximum absolute atomic E-state index is 5.80. The molecule has 4 rings (SSSR count). The van der Waals surface area contributed by atoms with Gasteiger partial charge in [-0.1, -0.05) is 35.2 Å². The highest BCUT2D eigenvalue weighted by Crippen LogP contribution is 2.38. The van der Waals surface area contributed by atoms with Crippen LogP contribution in [0.15, 0.2) is 44.5 Å². The van der Waals surface area contributed by atoms with Crippen LogP contribution in [0.4, 0.5) is 10.8 Å². The minimum atomic E-state index is -0.00590. The quantitative estimate of drug-likeness (QED) is 0.395. The number of rotatable bonds is 6. The molecule has 1 N–H and O–H groups in total. The zero-order valence-electron chi connectivity index (χ0n) is 15.0. The van der Waals surface area contributed by atoms with Crippen LogP contribution in [0.1, 0.15) is 29.2 Å². The van der Waals surface area contributed by atoms with E-state index in [1.807, 2.05) is 30.5 Å². The van der Waals surface area contributed by atoms with E-state index in [2.05, 4.69) is 51.7 Å². The third-order valence-electron chi connectivity index (χ3n) is 3.96. The Kier molecular flexibility index (Phi) is 5.24. The van der Waals surface area contributed by atoms with Gasteiger partial charge in [-0.3, -0.25) is 0 Å². The molecule has 6 nitrogen and oxygen atoms in total. The summed E-state index contributed by atoms with van der Waals surface area (Å²) in [6.07, 6.45) is 0. The van der Waals surface area contributed by atoms with Gasteiger partial charge in [0.1, 0.15) is 0 Å². The fraction of sp³-hybridized carbons (Fsp3) is 0.222. The fourth-order valence-electron chi connectivity index (χ4n) is 2.35. The van der Waals surface area contributed by atoms with Crippen LogP contribution in [0.3, 0.4) is 0 Å². The highest BCUT2D eigenvalue weighted by Gasteiger charge is 2.19. The van der Waals surface area contributed by atoms with Crippen molar-refractivity contribution in [2.24, 2.45) is 0 Å². The number of nitrogens with zero attached hydrogens (tertiary/aromatic N) is 4. The lowest BCUT2D eigenvalue weighted by atomic mass is 10.1. The van der Waals surface area contributed by atoms with E-state index in [0.717, 1.165) is 20.0 Å². The first kappa shape index (κ1) is 18.1. The summed E-state index contributed by atoms with van der Waals surface area (Å²) in [5.41, 5.74) is 3.52. The predicted molar refractivity (Wildman–Crippen MR) is 111 cm³/mol. The Morgan fingerprint density at radius 3 is 2.74 bits per heavy atom. The molecule has 3 aromatic heterocycles. The zero-order chi connectivity index (χ0) is 18.8. The van der Waals surface area contributed by atoms with Gasteiger partial charge in [-0.2, -0.15) is 0 Å². The topological polar surface area (TPSA) is 76.7 Å². The number of aryl methyl sites for hydroxylation is 2. The van der Waals surface area contributed by atoms with Crippen LogP contribution in [-0.2, 0) is 0 Å². The largest absolute Gasteiger partial charge is 0.419 e. The van der Waals surface area contributed by atoms with Crippen LogP contribution in [0.5, 0.6) is 0 Å². The number of thiophene rings is 1. The molecule has 0 aliphatic carbocycles. The van der Waals surface area contributed by atoms with Gasteiger partial charge >= 0.3 is 0 Å². The van der Waals surface area contributed by atoms with Crippen molar-refractivity contribution in [3.8, 4) is 10.8 Å². The summed E-state index contributed by atoms with van der Waals surface area (Å²) in [6, 6.07) is 10.2. The summed E-state index contributed by atoms with van der Waals surface area (Å²) >= 11 is 4.64. The molecule has 0 saturated heterocycles. The molecule has 138 valence electrons. The monoisotopic (exact) mass is 415 g/mol. The molecule has 0 aliphatic heterocycles. The molecule has 1 atom stereocenters. The Morgan fingerprint density at radius 1 is 1.07 bits per heavy atom. The fourth-order valence-corrected chi connectivity index (χ4v) is 4.94. The Labute approximate surface area is 169 Å². The normalized spacial score (nSPS) is 12.3. The molecule has 0 aliphatic rings. The van der Waals surface area contributed by atoms with E-state index in [-0.39, 0.29) is 5.25 Å². The lowest BCUT2D eigenvalue weighted by molar-refractivity contribution is 0.510. The maximum Gasteiger partial charge on any atom is 0.257 e. The molecular weight excluding hydrogens is 398 g/mol. The summed E-state index contributed by atoms with van der Waals surface area (Å²) in [6.45, 7) is 6.22. The van der Waals surface area contributed by atoms with Crippen LogP contribution in [0, 0.1) is 13.8 Å². The van der Waals surface area contributed by atoms with E-state index in [0.29, 0.717) is 11.8 Å². The highest BCUT2D eigenvalue weighted by molar-refractivity contribution is 8.01. The van der Waals surface area contributed by atoms with Crippen molar-refractivity contribution < 1.29 is 4.42 Å². The van der Waals surface area contributed by atoms with Crippen molar-refractivity contribution >= 4 is 45.3 Å². The second-order valence-corrected chi connectivity index (χ2v) is 9.49. The zero-order valence-corrected chi connectivity index (χ0v) is 17.4. The molecule has 0 saturated carbocycles. The molecule has 27 heavy (non-hydrogen) atoms. The van der Waals surface area contributed by atoms with Crippen molar-refractivity contribution in [3.63, 3.8) is 0 Å². The van der Waals surface area contributed by atoms with Gasteiger partial charge in [0, 0.05) is 5.69 Å². The van der Waals surface area contributed by atoms with Crippen LogP contribution < -0.4 is 5.32 Å². The lowest BCUT2D eigenvalue weighted by Crippen LogP contribution is -1.91. The van der Waals surface area contributed by atoms with Crippen molar-refractivity contribution in [3.05, 3.63) is 52.7 Å². The Hall–Kier alpha value is -2.23. The van der Waals surface area contributed by atoms with Crippen LogP contribution >= 0.6 is 34.4 Å². The van der Waals surface area contributed by atoms with E-state index in [1.165, 1.54) is 22.5 Å². The SMILES string of the molecule is Cc1ccc(Nc2nnc(S[C@H](C)c3nnc(-c4cccs4)o3)s2)cc1C. The van der Waals surface area contributed by atoms with Crippen LogP contribution in [0.2, 0.25) is 0 Å². The molecule has 0 bridgehead atoms. The van der Waals surface area contributed by atoms with Crippen molar-refractivity contribution in [1.82, 2.24) is 20.4 Å². The third-order valence-corrected chi connectivity index (χ3v) is 6.83. The molecule has 1 aromatic carbocycles. The second kappa shape index (κ2) is 7.79. The second-order valence-electron chi connectivity index (χ2n) is 5.98. The molecular formula is C18H17N5OS3. The van der Waals surface area contributed by atoms with Crippen molar-refractivity contribution in [2.75, 3.05) is 5.32 Å². The van der Waals surface area contributed by atoms with Crippen LogP contribution in [0.25, 0.3) is 10.8 Å².